The average Bonchev–Trinajstić information content (AvgIpc) is 2.95. The predicted octanol–water partition coefficient (Wildman–Crippen LogP) is 2.79. The molecule has 6 heteroatoms. The second-order valence-electron chi connectivity index (χ2n) is 4.89. The smallest absolute Gasteiger partial charge is 0.255 e. The molecule has 0 bridgehead atoms. The van der Waals surface area contributed by atoms with Gasteiger partial charge in [-0.15, -0.1) is 0 Å². The maximum Gasteiger partial charge on any atom is 0.275 e. The predicted molar refractivity (Wildman–Crippen MR) is 85.4 cm³/mol. The highest BCUT2D eigenvalue weighted by Crippen LogP contribution is 2.19. The molecule has 0 amide bonds. The van der Waals surface area contributed by atoms with Crippen LogP contribution in [-0.2, 0) is 10.0 Å². The summed E-state index contributed by atoms with van der Waals surface area (Å²) in [7, 11) is -3.64. The van der Waals surface area contributed by atoms with Gasteiger partial charge < -0.3 is 0 Å². The number of nitrogens with one attached hydrogen (secondary N) is 1. The van der Waals surface area contributed by atoms with Crippen LogP contribution in [0.5, 0.6) is 0 Å². The van der Waals surface area contributed by atoms with Gasteiger partial charge in [-0.1, -0.05) is 18.2 Å². The van der Waals surface area contributed by atoms with E-state index in [9.17, 15) is 8.42 Å². The highest BCUT2D eigenvalue weighted by Gasteiger charge is 2.15. The van der Waals surface area contributed by atoms with Crippen LogP contribution in [0, 0.1) is 6.92 Å². The summed E-state index contributed by atoms with van der Waals surface area (Å²) in [6.07, 6.45) is 3.35. The van der Waals surface area contributed by atoms with Gasteiger partial charge in [-0.2, -0.15) is 8.42 Å². The van der Waals surface area contributed by atoms with E-state index in [2.05, 4.69) is 9.82 Å². The Kier molecular flexibility index (Phi) is 3.68. The fraction of sp³-hybridized carbons (Fsp3) is 0.0625. The molecule has 2 heterocycles. The number of benzene rings is 1. The lowest BCUT2D eigenvalue weighted by Crippen LogP contribution is -2.23. The lowest BCUT2D eigenvalue weighted by atomic mass is 10.2. The first kappa shape index (κ1) is 14.3. The van der Waals surface area contributed by atoms with Gasteiger partial charge >= 0.3 is 0 Å². The van der Waals surface area contributed by atoms with E-state index in [1.165, 1.54) is 4.68 Å². The Hall–Kier alpha value is -2.60. The van der Waals surface area contributed by atoms with Crippen molar-refractivity contribution >= 4 is 10.0 Å². The van der Waals surface area contributed by atoms with E-state index in [4.69, 9.17) is 0 Å². The average molecular weight is 313 g/mol. The van der Waals surface area contributed by atoms with Crippen molar-refractivity contribution in [2.24, 2.45) is 0 Å². The third-order valence-electron chi connectivity index (χ3n) is 3.20. The fourth-order valence-corrected chi connectivity index (χ4v) is 3.17. The van der Waals surface area contributed by atoms with Crippen LogP contribution in [0.15, 0.2) is 71.9 Å². The quantitative estimate of drug-likeness (QED) is 0.805. The minimum atomic E-state index is -3.64. The molecule has 1 aromatic carbocycles. The maximum absolute atomic E-state index is 12.4. The van der Waals surface area contributed by atoms with Crippen LogP contribution < -0.4 is 4.83 Å². The molecule has 0 aliphatic heterocycles. The van der Waals surface area contributed by atoms with Crippen molar-refractivity contribution in [3.63, 3.8) is 0 Å². The van der Waals surface area contributed by atoms with Crippen molar-refractivity contribution < 1.29 is 8.42 Å². The molecule has 22 heavy (non-hydrogen) atoms. The summed E-state index contributed by atoms with van der Waals surface area (Å²) in [4.78, 5) is 7.05. The second kappa shape index (κ2) is 5.65. The summed E-state index contributed by atoms with van der Waals surface area (Å²) >= 11 is 0. The van der Waals surface area contributed by atoms with Gasteiger partial charge in [0.05, 0.1) is 16.3 Å². The van der Waals surface area contributed by atoms with Gasteiger partial charge in [0, 0.05) is 12.4 Å². The Morgan fingerprint density at radius 2 is 1.82 bits per heavy atom. The molecule has 0 saturated heterocycles. The number of sulfonamides is 1. The van der Waals surface area contributed by atoms with E-state index in [0.29, 0.717) is 11.4 Å². The molecule has 0 aliphatic rings. The highest BCUT2D eigenvalue weighted by molar-refractivity contribution is 7.92. The molecule has 3 rings (SSSR count). The first-order valence-electron chi connectivity index (χ1n) is 6.74. The van der Waals surface area contributed by atoms with E-state index in [0.717, 1.165) is 5.56 Å². The van der Waals surface area contributed by atoms with Crippen molar-refractivity contribution in [3.8, 4) is 11.4 Å². The molecular formula is C16H15N3O2S. The minimum Gasteiger partial charge on any atom is -0.255 e. The van der Waals surface area contributed by atoms with Crippen molar-refractivity contribution in [1.82, 2.24) is 9.66 Å². The first-order valence-corrected chi connectivity index (χ1v) is 8.23. The fourth-order valence-electron chi connectivity index (χ4n) is 2.13. The van der Waals surface area contributed by atoms with E-state index in [1.54, 1.807) is 48.8 Å². The Balaban J connectivity index is 1.97. The van der Waals surface area contributed by atoms with Gasteiger partial charge in [0.2, 0.25) is 0 Å². The maximum atomic E-state index is 12.4. The summed E-state index contributed by atoms with van der Waals surface area (Å²) < 4.78 is 26.3. The molecule has 2 aromatic heterocycles. The third kappa shape index (κ3) is 2.87. The topological polar surface area (TPSA) is 64.0 Å². The number of hydrogen-bond acceptors (Lipinski definition) is 3. The largest absolute Gasteiger partial charge is 0.275 e. The van der Waals surface area contributed by atoms with Gasteiger partial charge in [0.1, 0.15) is 0 Å². The van der Waals surface area contributed by atoms with Crippen molar-refractivity contribution in [3.05, 3.63) is 72.6 Å². The summed E-state index contributed by atoms with van der Waals surface area (Å²) in [5.41, 5.74) is 2.45. The van der Waals surface area contributed by atoms with Crippen LogP contribution in [0.3, 0.4) is 0 Å². The van der Waals surface area contributed by atoms with Crippen LogP contribution in [0.25, 0.3) is 11.4 Å². The Labute approximate surface area is 129 Å². The van der Waals surface area contributed by atoms with Crippen molar-refractivity contribution in [2.45, 2.75) is 11.8 Å². The zero-order valence-electron chi connectivity index (χ0n) is 12.0. The monoisotopic (exact) mass is 313 g/mol. The number of pyridine rings is 1. The van der Waals surface area contributed by atoms with Gasteiger partial charge in [-0.05, 0) is 48.9 Å². The summed E-state index contributed by atoms with van der Waals surface area (Å²) in [5.74, 6) is 0. The second-order valence-corrected chi connectivity index (χ2v) is 6.55. The van der Waals surface area contributed by atoms with Crippen LogP contribution in [-0.4, -0.2) is 18.1 Å². The lowest BCUT2D eigenvalue weighted by Gasteiger charge is -2.12. The molecule has 0 atom stereocenters. The Morgan fingerprint density at radius 3 is 2.55 bits per heavy atom. The summed E-state index contributed by atoms with van der Waals surface area (Å²) in [6, 6.07) is 15.6. The van der Waals surface area contributed by atoms with E-state index in [-0.39, 0.29) is 4.90 Å². The number of aryl methyl sites for hydroxylation is 1. The van der Waals surface area contributed by atoms with E-state index >= 15 is 0 Å². The number of rotatable bonds is 4. The van der Waals surface area contributed by atoms with Crippen molar-refractivity contribution in [2.75, 3.05) is 4.83 Å². The molecule has 0 spiro atoms. The van der Waals surface area contributed by atoms with Crippen LogP contribution in [0.1, 0.15) is 5.56 Å². The molecule has 3 aromatic rings. The summed E-state index contributed by atoms with van der Waals surface area (Å²) in [6.45, 7) is 1.96. The molecule has 0 fully saturated rings. The number of nitrogens with zero attached hydrogens (tertiary/aromatic N) is 2. The Bertz CT molecular complexity index is 887. The number of hydrogen-bond donors (Lipinski definition) is 1. The molecule has 0 radical (unpaired) electrons. The highest BCUT2D eigenvalue weighted by atomic mass is 32.2. The zero-order chi connectivity index (χ0) is 15.6. The van der Waals surface area contributed by atoms with Gasteiger partial charge in [0.25, 0.3) is 10.0 Å². The lowest BCUT2D eigenvalue weighted by molar-refractivity contribution is 0.595. The standard InChI is InChI=1S/C16H15N3O2S/c1-13-9-10-17-15(12-13)16-8-5-11-19(16)18-22(20,21)14-6-3-2-4-7-14/h2-12,18H,1H3. The first-order chi connectivity index (χ1) is 10.6. The van der Waals surface area contributed by atoms with E-state index in [1.807, 2.05) is 25.1 Å². The molecule has 5 nitrogen and oxygen atoms in total. The van der Waals surface area contributed by atoms with E-state index < -0.39 is 10.0 Å². The van der Waals surface area contributed by atoms with Crippen LogP contribution in [0.2, 0.25) is 0 Å². The molecule has 1 N–H and O–H groups in total. The van der Waals surface area contributed by atoms with Crippen LogP contribution in [0.4, 0.5) is 0 Å². The minimum absolute atomic E-state index is 0.215. The molecule has 0 aliphatic carbocycles. The van der Waals surface area contributed by atoms with Gasteiger partial charge in [0.15, 0.2) is 0 Å². The molecular weight excluding hydrogens is 298 g/mol. The number of aromatic nitrogens is 2. The van der Waals surface area contributed by atoms with Crippen molar-refractivity contribution in [1.29, 1.82) is 0 Å². The Morgan fingerprint density at radius 1 is 1.05 bits per heavy atom. The van der Waals surface area contributed by atoms with Gasteiger partial charge in [-0.3, -0.25) is 9.66 Å². The summed E-state index contributed by atoms with van der Waals surface area (Å²) in [5, 5.41) is 0. The zero-order valence-corrected chi connectivity index (χ0v) is 12.8. The normalized spacial score (nSPS) is 11.3. The third-order valence-corrected chi connectivity index (χ3v) is 4.53. The van der Waals surface area contributed by atoms with Crippen LogP contribution >= 0.6 is 0 Å². The molecule has 112 valence electrons. The molecule has 0 saturated carbocycles. The molecule has 0 unspecified atom stereocenters. The van der Waals surface area contributed by atoms with Gasteiger partial charge in [-0.25, -0.2) is 4.83 Å². The SMILES string of the molecule is Cc1ccnc(-c2cccn2NS(=O)(=O)c2ccccc2)c1.